The van der Waals surface area contributed by atoms with Crippen LogP contribution in [0.3, 0.4) is 0 Å². The van der Waals surface area contributed by atoms with Gasteiger partial charge in [-0.2, -0.15) is 0 Å². The van der Waals surface area contributed by atoms with Crippen LogP contribution in [0.15, 0.2) is 24.3 Å². The Balaban J connectivity index is 2.57. The first-order chi connectivity index (χ1) is 10.1. The van der Waals surface area contributed by atoms with E-state index in [-0.39, 0.29) is 23.3 Å². The summed E-state index contributed by atoms with van der Waals surface area (Å²) in [6.45, 7) is 12.3. The van der Waals surface area contributed by atoms with E-state index in [9.17, 15) is 9.59 Å². The highest BCUT2D eigenvalue weighted by Gasteiger charge is 2.15. The molecule has 0 unspecified atom stereocenters. The summed E-state index contributed by atoms with van der Waals surface area (Å²) in [6, 6.07) is 8.02. The van der Waals surface area contributed by atoms with Crippen molar-refractivity contribution in [1.82, 2.24) is 4.90 Å². The molecule has 0 fully saturated rings. The van der Waals surface area contributed by atoms with Crippen LogP contribution >= 0.6 is 0 Å². The van der Waals surface area contributed by atoms with E-state index in [2.05, 4.69) is 26.1 Å². The zero-order valence-corrected chi connectivity index (χ0v) is 14.6. The predicted octanol–water partition coefficient (Wildman–Crippen LogP) is 3.57. The smallest absolute Gasteiger partial charge is 0.226 e. The highest BCUT2D eigenvalue weighted by Crippen LogP contribution is 2.23. The molecule has 1 aromatic rings. The van der Waals surface area contributed by atoms with Crippen LogP contribution in [-0.4, -0.2) is 29.3 Å². The number of hydrogen-bond donors (Lipinski definition) is 1. The number of benzene rings is 1. The molecule has 0 atom stereocenters. The zero-order chi connectivity index (χ0) is 16.9. The molecule has 4 nitrogen and oxygen atoms in total. The minimum atomic E-state index is -0.0737. The molecule has 4 heteroatoms. The Labute approximate surface area is 133 Å². The van der Waals surface area contributed by atoms with Gasteiger partial charge in [-0.05, 0) is 37.0 Å². The standard InChI is InChI=1S/C18H28N2O2/c1-13(2)20(14(3)21)12-11-17(22)19-16-9-7-15(8-10-16)18(4,5)6/h7-10,13H,11-12H2,1-6H3,(H,19,22). The molecule has 0 radical (unpaired) electrons. The molecule has 0 spiro atoms. The van der Waals surface area contributed by atoms with Gasteiger partial charge in [0.05, 0.1) is 0 Å². The summed E-state index contributed by atoms with van der Waals surface area (Å²) in [6.07, 6.45) is 0.304. The fourth-order valence-electron chi connectivity index (χ4n) is 2.28. The van der Waals surface area contributed by atoms with Crippen LogP contribution in [0.5, 0.6) is 0 Å². The molecular formula is C18H28N2O2. The van der Waals surface area contributed by atoms with Crippen molar-refractivity contribution in [2.75, 3.05) is 11.9 Å². The first-order valence-electron chi connectivity index (χ1n) is 7.79. The molecule has 1 rings (SSSR count). The van der Waals surface area contributed by atoms with E-state index in [0.29, 0.717) is 13.0 Å². The maximum Gasteiger partial charge on any atom is 0.226 e. The van der Waals surface area contributed by atoms with E-state index in [0.717, 1.165) is 5.69 Å². The van der Waals surface area contributed by atoms with Gasteiger partial charge in [-0.1, -0.05) is 32.9 Å². The maximum absolute atomic E-state index is 12.0. The summed E-state index contributed by atoms with van der Waals surface area (Å²) < 4.78 is 0. The van der Waals surface area contributed by atoms with Gasteiger partial charge in [0, 0.05) is 31.6 Å². The summed E-state index contributed by atoms with van der Waals surface area (Å²) in [5.41, 5.74) is 2.12. The summed E-state index contributed by atoms with van der Waals surface area (Å²) >= 11 is 0. The van der Waals surface area contributed by atoms with Crippen molar-refractivity contribution in [3.63, 3.8) is 0 Å². The lowest BCUT2D eigenvalue weighted by Crippen LogP contribution is -2.37. The highest BCUT2D eigenvalue weighted by molar-refractivity contribution is 5.91. The third-order valence-corrected chi connectivity index (χ3v) is 3.64. The number of carbonyl (C=O) groups is 2. The Kier molecular flexibility index (Phi) is 6.15. The second kappa shape index (κ2) is 7.43. The topological polar surface area (TPSA) is 49.4 Å². The minimum Gasteiger partial charge on any atom is -0.340 e. The molecule has 0 aliphatic carbocycles. The van der Waals surface area contributed by atoms with Crippen LogP contribution < -0.4 is 5.32 Å². The summed E-state index contributed by atoms with van der Waals surface area (Å²) in [5, 5.41) is 2.88. The zero-order valence-electron chi connectivity index (χ0n) is 14.6. The Morgan fingerprint density at radius 1 is 1.14 bits per heavy atom. The van der Waals surface area contributed by atoms with Crippen LogP contribution in [0.25, 0.3) is 0 Å². The predicted molar refractivity (Wildman–Crippen MR) is 90.9 cm³/mol. The van der Waals surface area contributed by atoms with Crippen LogP contribution in [0.4, 0.5) is 5.69 Å². The van der Waals surface area contributed by atoms with Gasteiger partial charge in [0.2, 0.25) is 11.8 Å². The van der Waals surface area contributed by atoms with Crippen LogP contribution in [0.2, 0.25) is 0 Å². The normalized spacial score (nSPS) is 11.4. The molecule has 0 aliphatic heterocycles. The Bertz CT molecular complexity index is 513. The van der Waals surface area contributed by atoms with E-state index >= 15 is 0 Å². The number of carbonyl (C=O) groups excluding carboxylic acids is 2. The van der Waals surface area contributed by atoms with E-state index in [1.165, 1.54) is 12.5 Å². The molecule has 0 aliphatic rings. The largest absolute Gasteiger partial charge is 0.340 e. The van der Waals surface area contributed by atoms with Crippen LogP contribution in [0.1, 0.15) is 53.5 Å². The number of nitrogens with zero attached hydrogens (tertiary/aromatic N) is 1. The third-order valence-electron chi connectivity index (χ3n) is 3.64. The van der Waals surface area contributed by atoms with Gasteiger partial charge < -0.3 is 10.2 Å². The maximum atomic E-state index is 12.0. The fourth-order valence-corrected chi connectivity index (χ4v) is 2.28. The third kappa shape index (κ3) is 5.51. The average Bonchev–Trinajstić information content (AvgIpc) is 2.37. The molecule has 0 heterocycles. The van der Waals surface area contributed by atoms with E-state index in [1.54, 1.807) is 4.90 Å². The van der Waals surface area contributed by atoms with Crippen molar-refractivity contribution in [2.45, 2.75) is 59.4 Å². The second-order valence-electron chi connectivity index (χ2n) is 6.93. The van der Waals surface area contributed by atoms with Gasteiger partial charge in [0.15, 0.2) is 0 Å². The lowest BCUT2D eigenvalue weighted by atomic mass is 9.87. The summed E-state index contributed by atoms with van der Waals surface area (Å²) in [4.78, 5) is 25.2. The fraction of sp³-hybridized carbons (Fsp3) is 0.556. The summed E-state index contributed by atoms with van der Waals surface area (Å²) in [5.74, 6) is -0.0762. The van der Waals surface area contributed by atoms with E-state index < -0.39 is 0 Å². The van der Waals surface area contributed by atoms with E-state index in [1.807, 2.05) is 38.1 Å². The van der Waals surface area contributed by atoms with Crippen molar-refractivity contribution in [1.29, 1.82) is 0 Å². The van der Waals surface area contributed by atoms with Crippen molar-refractivity contribution in [3.8, 4) is 0 Å². The first-order valence-corrected chi connectivity index (χ1v) is 7.79. The molecule has 1 aromatic carbocycles. The van der Waals surface area contributed by atoms with Gasteiger partial charge in [-0.15, -0.1) is 0 Å². The molecule has 0 saturated heterocycles. The lowest BCUT2D eigenvalue weighted by molar-refractivity contribution is -0.130. The number of rotatable bonds is 5. The Morgan fingerprint density at radius 2 is 1.68 bits per heavy atom. The molecule has 122 valence electrons. The number of hydrogen-bond acceptors (Lipinski definition) is 2. The van der Waals surface area contributed by atoms with Gasteiger partial charge in [0.25, 0.3) is 0 Å². The van der Waals surface area contributed by atoms with Crippen molar-refractivity contribution >= 4 is 17.5 Å². The highest BCUT2D eigenvalue weighted by atomic mass is 16.2. The molecular weight excluding hydrogens is 276 g/mol. The van der Waals surface area contributed by atoms with Crippen molar-refractivity contribution in [3.05, 3.63) is 29.8 Å². The Hall–Kier alpha value is -1.84. The lowest BCUT2D eigenvalue weighted by Gasteiger charge is -2.25. The molecule has 0 aromatic heterocycles. The SMILES string of the molecule is CC(=O)N(CCC(=O)Nc1ccc(C(C)(C)C)cc1)C(C)C. The number of amides is 2. The minimum absolute atomic E-state index is 0.00247. The average molecular weight is 304 g/mol. The second-order valence-corrected chi connectivity index (χ2v) is 6.93. The molecule has 0 saturated carbocycles. The molecule has 1 N–H and O–H groups in total. The summed E-state index contributed by atoms with van der Waals surface area (Å²) in [7, 11) is 0. The van der Waals surface area contributed by atoms with Crippen molar-refractivity contribution in [2.24, 2.45) is 0 Å². The van der Waals surface area contributed by atoms with Crippen LogP contribution in [-0.2, 0) is 15.0 Å². The quantitative estimate of drug-likeness (QED) is 0.904. The monoisotopic (exact) mass is 304 g/mol. The molecule has 22 heavy (non-hydrogen) atoms. The van der Waals surface area contributed by atoms with Gasteiger partial charge in [-0.3, -0.25) is 9.59 Å². The molecule has 0 bridgehead atoms. The number of anilines is 1. The van der Waals surface area contributed by atoms with E-state index in [4.69, 9.17) is 0 Å². The Morgan fingerprint density at radius 3 is 2.09 bits per heavy atom. The number of nitrogens with one attached hydrogen (secondary N) is 1. The van der Waals surface area contributed by atoms with Gasteiger partial charge in [-0.25, -0.2) is 0 Å². The van der Waals surface area contributed by atoms with Crippen molar-refractivity contribution < 1.29 is 9.59 Å². The van der Waals surface area contributed by atoms with Gasteiger partial charge in [0.1, 0.15) is 0 Å². The first kappa shape index (κ1) is 18.2. The molecule has 2 amide bonds. The van der Waals surface area contributed by atoms with Crippen LogP contribution in [0, 0.1) is 0 Å². The van der Waals surface area contributed by atoms with Gasteiger partial charge >= 0.3 is 0 Å².